The summed E-state index contributed by atoms with van der Waals surface area (Å²) in [4.78, 5) is 28.0. The topological polar surface area (TPSA) is 73.8 Å². The van der Waals surface area contributed by atoms with Crippen molar-refractivity contribution in [1.82, 2.24) is 14.9 Å². The lowest BCUT2D eigenvalue weighted by Gasteiger charge is -2.44. The second-order valence-corrected chi connectivity index (χ2v) is 10.6. The van der Waals surface area contributed by atoms with Gasteiger partial charge < -0.3 is 19.9 Å². The molecule has 0 spiro atoms. The van der Waals surface area contributed by atoms with E-state index in [0.717, 1.165) is 12.1 Å². The zero-order valence-electron chi connectivity index (χ0n) is 23.4. The number of anilines is 3. The van der Waals surface area contributed by atoms with E-state index in [2.05, 4.69) is 20.2 Å². The Morgan fingerprint density at radius 3 is 2.24 bits per heavy atom. The number of halogens is 5. The van der Waals surface area contributed by atoms with Crippen molar-refractivity contribution in [2.75, 3.05) is 61.6 Å². The van der Waals surface area contributed by atoms with Gasteiger partial charge in [-0.15, -0.1) is 0 Å². The molecule has 8 nitrogen and oxygen atoms in total. The maximum atomic E-state index is 15.7. The zero-order chi connectivity index (χ0) is 30.2. The molecule has 3 heterocycles. The molecule has 0 unspecified atom stereocenters. The Morgan fingerprint density at radius 2 is 1.62 bits per heavy atom. The average molecular weight is 591 g/mol. The number of carbonyl (C=O) groups excluding carboxylic acids is 1. The number of piperazine rings is 1. The summed E-state index contributed by atoms with van der Waals surface area (Å²) in [5.41, 5.74) is -1.35. The summed E-state index contributed by atoms with van der Waals surface area (Å²) in [6, 6.07) is 4.66. The first-order valence-corrected chi connectivity index (χ1v) is 13.6. The first-order valence-electron chi connectivity index (χ1n) is 13.6. The molecule has 3 aromatic rings. The summed E-state index contributed by atoms with van der Waals surface area (Å²) in [6.07, 6.45) is -2.04. The van der Waals surface area contributed by atoms with Crippen molar-refractivity contribution in [2.24, 2.45) is 0 Å². The van der Waals surface area contributed by atoms with E-state index in [1.54, 1.807) is 0 Å². The van der Waals surface area contributed by atoms with Gasteiger partial charge in [0.15, 0.2) is 0 Å². The van der Waals surface area contributed by atoms with Gasteiger partial charge in [-0.1, -0.05) is 0 Å². The van der Waals surface area contributed by atoms with E-state index in [1.807, 2.05) is 30.7 Å². The van der Waals surface area contributed by atoms with Crippen LogP contribution in [0.15, 0.2) is 42.7 Å². The Morgan fingerprint density at radius 1 is 0.976 bits per heavy atom. The molecule has 13 heteroatoms. The van der Waals surface area contributed by atoms with Crippen LogP contribution in [0.4, 0.5) is 39.3 Å². The lowest BCUT2D eigenvalue weighted by molar-refractivity contribution is -0.138. The monoisotopic (exact) mass is 590 g/mol. The third-order valence-electron chi connectivity index (χ3n) is 7.81. The van der Waals surface area contributed by atoms with Crippen LogP contribution in [0.2, 0.25) is 0 Å². The summed E-state index contributed by atoms with van der Waals surface area (Å²) in [5.74, 6) is -2.37. The SMILES string of the molecule is C[C@@H]1CN(c2cc(F)c(-c3cnc(N4CCOCC4)nc3)cc2NC(=O)c2ccc(F)cc2C(F)(F)F)C[C@@H](C)N1C. The van der Waals surface area contributed by atoms with Crippen LogP contribution in [0.1, 0.15) is 29.8 Å². The second-order valence-electron chi connectivity index (χ2n) is 10.6. The first-order chi connectivity index (χ1) is 19.9. The predicted octanol–water partition coefficient (Wildman–Crippen LogP) is 5.06. The summed E-state index contributed by atoms with van der Waals surface area (Å²) in [6.45, 7) is 7.30. The van der Waals surface area contributed by atoms with Crippen LogP contribution in [0.3, 0.4) is 0 Å². The van der Waals surface area contributed by atoms with E-state index in [1.165, 1.54) is 24.5 Å². The molecular formula is C29H31F5N6O2. The quantitative estimate of drug-likeness (QED) is 0.417. The van der Waals surface area contributed by atoms with Gasteiger partial charge in [0.05, 0.1) is 35.7 Å². The number of nitrogens with zero attached hydrogens (tertiary/aromatic N) is 5. The maximum Gasteiger partial charge on any atom is 0.417 e. The van der Waals surface area contributed by atoms with Crippen molar-refractivity contribution in [3.05, 3.63) is 65.5 Å². The second kappa shape index (κ2) is 11.8. The van der Waals surface area contributed by atoms with Crippen molar-refractivity contribution in [2.45, 2.75) is 32.1 Å². The number of alkyl halides is 3. The third kappa shape index (κ3) is 6.16. The van der Waals surface area contributed by atoms with Gasteiger partial charge in [-0.05, 0) is 51.2 Å². The van der Waals surface area contributed by atoms with Gasteiger partial charge in [0.2, 0.25) is 5.95 Å². The van der Waals surface area contributed by atoms with E-state index in [9.17, 15) is 22.4 Å². The molecule has 2 atom stereocenters. The molecule has 0 radical (unpaired) electrons. The molecule has 2 aromatic carbocycles. The van der Waals surface area contributed by atoms with E-state index in [0.29, 0.717) is 56.6 Å². The van der Waals surface area contributed by atoms with Crippen LogP contribution in [-0.2, 0) is 10.9 Å². The minimum absolute atomic E-state index is 0.0629. The van der Waals surface area contributed by atoms with Crippen LogP contribution in [0, 0.1) is 11.6 Å². The van der Waals surface area contributed by atoms with Crippen molar-refractivity contribution < 1.29 is 31.5 Å². The molecule has 1 amide bonds. The van der Waals surface area contributed by atoms with Gasteiger partial charge in [-0.3, -0.25) is 9.69 Å². The lowest BCUT2D eigenvalue weighted by Crippen LogP contribution is -2.55. The van der Waals surface area contributed by atoms with Crippen molar-refractivity contribution >= 4 is 23.2 Å². The molecule has 2 fully saturated rings. The summed E-state index contributed by atoms with van der Waals surface area (Å²) >= 11 is 0. The minimum Gasteiger partial charge on any atom is -0.378 e. The third-order valence-corrected chi connectivity index (χ3v) is 7.81. The smallest absolute Gasteiger partial charge is 0.378 e. The van der Waals surface area contributed by atoms with Crippen molar-refractivity contribution in [3.63, 3.8) is 0 Å². The molecular weight excluding hydrogens is 559 g/mol. The molecule has 2 aliphatic heterocycles. The standard InChI is InChI=1S/C29H31F5N6O2/c1-17-15-40(16-18(2)38(17)3)26-12-24(31)22(19-13-35-28(36-14-19)39-6-8-42-9-7-39)11-25(26)37-27(41)21-5-4-20(30)10-23(21)29(32,33)34/h4-5,10-14,17-18H,6-9,15-16H2,1-3H3,(H,37,41)/t17-,18-/m1/s1. The molecule has 5 rings (SSSR count). The fraction of sp³-hybridized carbons (Fsp3) is 0.414. The highest BCUT2D eigenvalue weighted by molar-refractivity contribution is 6.07. The Hall–Kier alpha value is -3.84. The van der Waals surface area contributed by atoms with Gasteiger partial charge >= 0.3 is 6.18 Å². The lowest BCUT2D eigenvalue weighted by atomic mass is 10.0. The number of likely N-dealkylation sites (N-methyl/N-ethyl adjacent to an activating group) is 1. The van der Waals surface area contributed by atoms with Crippen LogP contribution < -0.4 is 15.1 Å². The van der Waals surface area contributed by atoms with Gasteiger partial charge in [0.25, 0.3) is 5.91 Å². The zero-order valence-corrected chi connectivity index (χ0v) is 23.4. The van der Waals surface area contributed by atoms with Crippen molar-refractivity contribution in [3.8, 4) is 11.1 Å². The minimum atomic E-state index is -4.96. The molecule has 1 N–H and O–H groups in total. The summed E-state index contributed by atoms with van der Waals surface area (Å²) in [5, 5.41) is 2.55. The number of ether oxygens (including phenoxy) is 1. The number of nitrogens with one attached hydrogen (secondary N) is 1. The fourth-order valence-electron chi connectivity index (χ4n) is 5.27. The Balaban J connectivity index is 1.54. The summed E-state index contributed by atoms with van der Waals surface area (Å²) < 4.78 is 75.8. The first kappa shape index (κ1) is 29.6. The van der Waals surface area contributed by atoms with Gasteiger partial charge in [0, 0.05) is 61.8 Å². The molecule has 2 aliphatic rings. The summed E-state index contributed by atoms with van der Waals surface area (Å²) in [7, 11) is 1.98. The highest BCUT2D eigenvalue weighted by Gasteiger charge is 2.36. The van der Waals surface area contributed by atoms with Crippen molar-refractivity contribution in [1.29, 1.82) is 0 Å². The van der Waals surface area contributed by atoms with E-state index < -0.39 is 34.8 Å². The van der Waals surface area contributed by atoms with Crippen LogP contribution in [0.5, 0.6) is 0 Å². The Bertz CT molecular complexity index is 1430. The number of rotatable bonds is 5. The number of hydrogen-bond acceptors (Lipinski definition) is 7. The normalized spacial score (nSPS) is 20.1. The van der Waals surface area contributed by atoms with Crippen LogP contribution in [0.25, 0.3) is 11.1 Å². The molecule has 0 saturated carbocycles. The number of carbonyl (C=O) groups is 1. The van der Waals surface area contributed by atoms with E-state index in [4.69, 9.17) is 4.74 Å². The highest BCUT2D eigenvalue weighted by atomic mass is 19.4. The maximum absolute atomic E-state index is 15.7. The molecule has 1 aromatic heterocycles. The highest BCUT2D eigenvalue weighted by Crippen LogP contribution is 2.37. The fourth-order valence-corrected chi connectivity index (χ4v) is 5.27. The van der Waals surface area contributed by atoms with Gasteiger partial charge in [-0.2, -0.15) is 13.2 Å². The molecule has 2 saturated heterocycles. The average Bonchev–Trinajstić information content (AvgIpc) is 2.96. The molecule has 224 valence electrons. The predicted molar refractivity (Wildman–Crippen MR) is 149 cm³/mol. The Labute approximate surface area is 240 Å². The van der Waals surface area contributed by atoms with Crippen LogP contribution >= 0.6 is 0 Å². The van der Waals surface area contributed by atoms with E-state index >= 15 is 4.39 Å². The number of benzene rings is 2. The Kier molecular flexibility index (Phi) is 8.33. The number of morpholine rings is 1. The molecule has 0 aliphatic carbocycles. The number of aromatic nitrogens is 2. The molecule has 42 heavy (non-hydrogen) atoms. The largest absolute Gasteiger partial charge is 0.417 e. The van der Waals surface area contributed by atoms with Gasteiger partial charge in [-0.25, -0.2) is 18.7 Å². The number of amides is 1. The molecule has 0 bridgehead atoms. The number of hydrogen-bond donors (Lipinski definition) is 1. The van der Waals surface area contributed by atoms with Crippen LogP contribution in [-0.4, -0.2) is 79.3 Å². The van der Waals surface area contributed by atoms with E-state index in [-0.39, 0.29) is 29.4 Å². The van der Waals surface area contributed by atoms with Gasteiger partial charge in [0.1, 0.15) is 11.6 Å².